The van der Waals surface area contributed by atoms with Gasteiger partial charge >= 0.3 is 5.97 Å². The Hall–Kier alpha value is -2.75. The van der Waals surface area contributed by atoms with Gasteiger partial charge in [0.15, 0.2) is 5.70 Å². The van der Waals surface area contributed by atoms with E-state index in [4.69, 9.17) is 4.74 Å². The van der Waals surface area contributed by atoms with Gasteiger partial charge in [-0.3, -0.25) is 0 Å². The number of rotatable bonds is 11. The summed E-state index contributed by atoms with van der Waals surface area (Å²) in [5, 5.41) is 11.3. The fourth-order valence-corrected chi connectivity index (χ4v) is 4.52. The Balaban J connectivity index is 1.93. The monoisotopic (exact) mass is 449 g/mol. The topological polar surface area (TPSA) is 49.8 Å². The van der Waals surface area contributed by atoms with Crippen molar-refractivity contribution >= 4 is 5.97 Å². The minimum absolute atomic E-state index is 0.138. The number of hydrogen-bond donors (Lipinski definition) is 1. The summed E-state index contributed by atoms with van der Waals surface area (Å²) in [5.41, 5.74) is 1.54. The summed E-state index contributed by atoms with van der Waals surface area (Å²) in [5.74, 6) is 0.778. The van der Waals surface area contributed by atoms with Gasteiger partial charge in [0.2, 0.25) is 0 Å². The van der Waals surface area contributed by atoms with Crippen LogP contribution in [0.2, 0.25) is 0 Å². The number of ether oxygens (including phenoxy) is 1. The number of aliphatic hydroxyl groups is 1. The average molecular weight is 450 g/mol. The fraction of sp³-hybridized carbons (Fsp3) is 0.483. The molecule has 4 heteroatoms. The van der Waals surface area contributed by atoms with E-state index >= 15 is 0 Å². The van der Waals surface area contributed by atoms with Crippen LogP contribution in [0.4, 0.5) is 0 Å². The molecule has 2 aromatic rings. The molecule has 0 saturated carbocycles. The standard InChI is InChI=1S/C29H39NO3/c1-22(2)12-11-19-30(21-24-13-7-5-8-14-24)27-26(31)20-29(33-28(27)32,18-17-23(3)4)25-15-9-6-10-16-25/h5-10,13-16,22-23,31H,11-12,17-21H2,1-4H3. The Morgan fingerprint density at radius 1 is 0.939 bits per heavy atom. The van der Waals surface area contributed by atoms with Crippen molar-refractivity contribution in [1.29, 1.82) is 0 Å². The third kappa shape index (κ3) is 6.63. The molecular weight excluding hydrogens is 410 g/mol. The van der Waals surface area contributed by atoms with E-state index in [9.17, 15) is 9.90 Å². The van der Waals surface area contributed by atoms with Crippen molar-refractivity contribution in [3.05, 3.63) is 83.2 Å². The molecule has 33 heavy (non-hydrogen) atoms. The van der Waals surface area contributed by atoms with Gasteiger partial charge in [-0.2, -0.15) is 0 Å². The zero-order valence-electron chi connectivity index (χ0n) is 20.6. The summed E-state index contributed by atoms with van der Waals surface area (Å²) in [7, 11) is 0. The van der Waals surface area contributed by atoms with Crippen molar-refractivity contribution in [2.24, 2.45) is 11.8 Å². The summed E-state index contributed by atoms with van der Waals surface area (Å²) < 4.78 is 6.24. The number of nitrogens with zero attached hydrogens (tertiary/aromatic N) is 1. The Bertz CT molecular complexity index is 920. The molecule has 0 amide bonds. The van der Waals surface area contributed by atoms with Crippen LogP contribution in [0.25, 0.3) is 0 Å². The predicted molar refractivity (Wildman–Crippen MR) is 133 cm³/mol. The lowest BCUT2D eigenvalue weighted by Gasteiger charge is -2.40. The Morgan fingerprint density at radius 3 is 2.12 bits per heavy atom. The zero-order chi connectivity index (χ0) is 23.8. The highest BCUT2D eigenvalue weighted by Crippen LogP contribution is 2.42. The molecule has 2 aromatic carbocycles. The lowest BCUT2D eigenvalue weighted by atomic mass is 9.81. The fourth-order valence-electron chi connectivity index (χ4n) is 4.52. The van der Waals surface area contributed by atoms with Crippen molar-refractivity contribution in [1.82, 2.24) is 4.90 Å². The summed E-state index contributed by atoms with van der Waals surface area (Å²) in [6.07, 6.45) is 3.92. The molecule has 0 bridgehead atoms. The SMILES string of the molecule is CC(C)CCCN(Cc1ccccc1)C1=C(O)CC(CCC(C)C)(c2ccccc2)OC1=O. The molecular formula is C29H39NO3. The molecule has 1 aliphatic heterocycles. The van der Waals surface area contributed by atoms with Gasteiger partial charge in [0.1, 0.15) is 11.4 Å². The smallest absolute Gasteiger partial charge is 0.359 e. The molecule has 1 heterocycles. The molecule has 0 spiro atoms. The molecule has 1 N–H and O–H groups in total. The average Bonchev–Trinajstić information content (AvgIpc) is 2.78. The summed E-state index contributed by atoms with van der Waals surface area (Å²) in [6, 6.07) is 20.0. The minimum Gasteiger partial charge on any atom is -0.510 e. The van der Waals surface area contributed by atoms with Crippen LogP contribution < -0.4 is 0 Å². The minimum atomic E-state index is -0.827. The van der Waals surface area contributed by atoms with E-state index in [1.54, 1.807) is 0 Å². The van der Waals surface area contributed by atoms with Crippen LogP contribution in [0.1, 0.15) is 70.9 Å². The lowest BCUT2D eigenvalue weighted by Crippen LogP contribution is -2.42. The molecule has 0 radical (unpaired) electrons. The van der Waals surface area contributed by atoms with Crippen molar-refractivity contribution < 1.29 is 14.6 Å². The quantitative estimate of drug-likeness (QED) is 0.376. The number of benzene rings is 2. The molecule has 0 saturated heterocycles. The number of carbonyl (C=O) groups excluding carboxylic acids is 1. The highest BCUT2D eigenvalue weighted by Gasteiger charge is 2.44. The second-order valence-electron chi connectivity index (χ2n) is 10.1. The van der Waals surface area contributed by atoms with Gasteiger partial charge in [0.25, 0.3) is 0 Å². The van der Waals surface area contributed by atoms with E-state index in [-0.39, 0.29) is 5.76 Å². The molecule has 1 unspecified atom stereocenters. The van der Waals surface area contributed by atoms with Crippen molar-refractivity contribution in [3.8, 4) is 0 Å². The Kier molecular flexibility index (Phi) is 8.60. The Labute approximate surface area is 199 Å². The third-order valence-electron chi connectivity index (χ3n) is 6.38. The van der Waals surface area contributed by atoms with Crippen LogP contribution in [0.3, 0.4) is 0 Å². The van der Waals surface area contributed by atoms with E-state index in [2.05, 4.69) is 39.8 Å². The zero-order valence-corrected chi connectivity index (χ0v) is 20.6. The van der Waals surface area contributed by atoms with Crippen LogP contribution >= 0.6 is 0 Å². The van der Waals surface area contributed by atoms with Crippen molar-refractivity contribution in [2.45, 2.75) is 71.9 Å². The molecule has 178 valence electrons. The van der Waals surface area contributed by atoms with Gasteiger partial charge in [-0.1, -0.05) is 88.4 Å². The molecule has 1 atom stereocenters. The second kappa shape index (κ2) is 11.4. The van der Waals surface area contributed by atoms with Gasteiger partial charge in [-0.15, -0.1) is 0 Å². The highest BCUT2D eigenvalue weighted by molar-refractivity contribution is 5.89. The number of carbonyl (C=O) groups is 1. The van der Waals surface area contributed by atoms with Crippen LogP contribution in [-0.4, -0.2) is 22.5 Å². The maximum absolute atomic E-state index is 13.5. The largest absolute Gasteiger partial charge is 0.510 e. The van der Waals surface area contributed by atoms with Crippen LogP contribution in [0.5, 0.6) is 0 Å². The van der Waals surface area contributed by atoms with E-state index in [1.807, 2.05) is 53.4 Å². The van der Waals surface area contributed by atoms with E-state index in [1.165, 1.54) is 0 Å². The summed E-state index contributed by atoms with van der Waals surface area (Å²) >= 11 is 0. The van der Waals surface area contributed by atoms with Gasteiger partial charge in [0, 0.05) is 13.1 Å². The normalized spacial score (nSPS) is 18.7. The van der Waals surface area contributed by atoms with Crippen LogP contribution in [0, 0.1) is 11.8 Å². The first-order chi connectivity index (χ1) is 15.8. The highest BCUT2D eigenvalue weighted by atomic mass is 16.6. The molecule has 4 nitrogen and oxygen atoms in total. The molecule has 3 rings (SSSR count). The third-order valence-corrected chi connectivity index (χ3v) is 6.38. The summed E-state index contributed by atoms with van der Waals surface area (Å²) in [4.78, 5) is 15.5. The Morgan fingerprint density at radius 2 is 1.55 bits per heavy atom. The molecule has 0 aromatic heterocycles. The van der Waals surface area contributed by atoms with Crippen molar-refractivity contribution in [3.63, 3.8) is 0 Å². The first-order valence-electron chi connectivity index (χ1n) is 12.3. The van der Waals surface area contributed by atoms with Gasteiger partial charge < -0.3 is 14.7 Å². The van der Waals surface area contributed by atoms with E-state index in [0.29, 0.717) is 43.5 Å². The van der Waals surface area contributed by atoms with Gasteiger partial charge in [-0.05, 0) is 48.6 Å². The number of aliphatic hydroxyl groups excluding tert-OH is 1. The maximum Gasteiger partial charge on any atom is 0.359 e. The lowest BCUT2D eigenvalue weighted by molar-refractivity contribution is -0.164. The van der Waals surface area contributed by atoms with Gasteiger partial charge in [-0.25, -0.2) is 4.79 Å². The van der Waals surface area contributed by atoms with Crippen LogP contribution in [-0.2, 0) is 21.7 Å². The van der Waals surface area contributed by atoms with E-state index in [0.717, 1.165) is 30.4 Å². The van der Waals surface area contributed by atoms with Gasteiger partial charge in [0.05, 0.1) is 6.42 Å². The van der Waals surface area contributed by atoms with E-state index < -0.39 is 11.6 Å². The number of hydrogen-bond acceptors (Lipinski definition) is 4. The first-order valence-corrected chi connectivity index (χ1v) is 12.3. The maximum atomic E-state index is 13.5. The molecule has 0 fully saturated rings. The predicted octanol–water partition coefficient (Wildman–Crippen LogP) is 6.97. The number of cyclic esters (lactones) is 1. The second-order valence-corrected chi connectivity index (χ2v) is 10.1. The van der Waals surface area contributed by atoms with Crippen LogP contribution in [0.15, 0.2) is 72.1 Å². The molecule has 1 aliphatic rings. The molecule has 0 aliphatic carbocycles. The number of esters is 1. The summed E-state index contributed by atoms with van der Waals surface area (Å²) in [6.45, 7) is 10.0. The first kappa shape index (κ1) is 24.9. The van der Waals surface area contributed by atoms with Crippen molar-refractivity contribution in [2.75, 3.05) is 6.54 Å².